The maximum Gasteiger partial charge on any atom is 0.312 e. The second kappa shape index (κ2) is 12.8. The Balaban J connectivity index is 1.91. The van der Waals surface area contributed by atoms with Gasteiger partial charge >= 0.3 is 11.9 Å². The van der Waals surface area contributed by atoms with Gasteiger partial charge in [0.1, 0.15) is 17.0 Å². The number of phenolic OH excluding ortho intramolecular Hbond substituents is 1. The van der Waals surface area contributed by atoms with Crippen LogP contribution in [0.15, 0.2) is 54.6 Å². The molecule has 40 heavy (non-hydrogen) atoms. The van der Waals surface area contributed by atoms with E-state index in [9.17, 15) is 14.7 Å². The molecule has 1 aliphatic rings. The highest BCUT2D eigenvalue weighted by atomic mass is 16.6. The van der Waals surface area contributed by atoms with E-state index in [1.54, 1.807) is 12.1 Å². The molecule has 1 fully saturated rings. The van der Waals surface area contributed by atoms with Crippen molar-refractivity contribution in [3.05, 3.63) is 65.7 Å². The molecule has 2 atom stereocenters. The van der Waals surface area contributed by atoms with Crippen molar-refractivity contribution in [3.63, 3.8) is 0 Å². The first-order valence-corrected chi connectivity index (χ1v) is 15.1. The number of rotatable bonds is 12. The van der Waals surface area contributed by atoms with E-state index in [-0.39, 0.29) is 35.6 Å². The summed E-state index contributed by atoms with van der Waals surface area (Å²) in [6, 6.07) is 17.0. The van der Waals surface area contributed by atoms with Crippen molar-refractivity contribution in [2.45, 2.75) is 123 Å². The molecule has 0 saturated heterocycles. The smallest absolute Gasteiger partial charge is 0.312 e. The van der Waals surface area contributed by atoms with Crippen LogP contribution >= 0.6 is 0 Å². The number of carbonyl (C=O) groups is 2. The molecule has 1 saturated carbocycles. The predicted octanol–water partition coefficient (Wildman–Crippen LogP) is 8.83. The van der Waals surface area contributed by atoms with Gasteiger partial charge in [-0.1, -0.05) is 69.7 Å². The zero-order valence-corrected chi connectivity index (χ0v) is 25.7. The van der Waals surface area contributed by atoms with Crippen molar-refractivity contribution < 1.29 is 24.2 Å². The third-order valence-corrected chi connectivity index (χ3v) is 9.05. The SMILES string of the molecule is CCC(c1ccc(O)cc1)C(C)(CC(=O)OC(C)(C)c1ccccc1)CC(C)(C)C(=O)OC1(CC)CCCCC1. The third kappa shape index (κ3) is 7.67. The molecule has 0 radical (unpaired) electrons. The maximum absolute atomic E-state index is 13.8. The monoisotopic (exact) mass is 550 g/mol. The molecule has 2 unspecified atom stereocenters. The lowest BCUT2D eigenvalue weighted by Crippen LogP contribution is -2.44. The van der Waals surface area contributed by atoms with E-state index >= 15 is 0 Å². The van der Waals surface area contributed by atoms with Gasteiger partial charge < -0.3 is 14.6 Å². The fraction of sp³-hybridized carbons (Fsp3) is 0.600. The number of esters is 2. The summed E-state index contributed by atoms with van der Waals surface area (Å²) >= 11 is 0. The fourth-order valence-corrected chi connectivity index (χ4v) is 6.84. The molecule has 0 amide bonds. The van der Waals surface area contributed by atoms with Crippen LogP contribution in [0.25, 0.3) is 0 Å². The summed E-state index contributed by atoms with van der Waals surface area (Å²) in [6.45, 7) is 14.0. The summed E-state index contributed by atoms with van der Waals surface area (Å²) in [5.74, 6) is -0.330. The summed E-state index contributed by atoms with van der Waals surface area (Å²) in [7, 11) is 0. The number of ether oxygens (including phenoxy) is 2. The highest BCUT2D eigenvalue weighted by Crippen LogP contribution is 2.50. The van der Waals surface area contributed by atoms with Gasteiger partial charge in [-0.2, -0.15) is 0 Å². The number of phenols is 1. The molecule has 1 aliphatic carbocycles. The molecular weight excluding hydrogens is 500 g/mol. The van der Waals surface area contributed by atoms with Crippen molar-refractivity contribution in [1.29, 1.82) is 0 Å². The zero-order valence-electron chi connectivity index (χ0n) is 25.7. The molecule has 2 aromatic rings. The standard InChI is InChI=1S/C35H50O5/c1-8-29(26-18-20-28(36)21-19-26)34(7,24-30(37)39-33(5,6)27-16-12-10-13-17-27)25-32(3,4)31(38)40-35(9-2)22-14-11-15-23-35/h10,12-13,16-21,29,36H,8-9,11,14-15,22-25H2,1-7H3. The summed E-state index contributed by atoms with van der Waals surface area (Å²) in [4.78, 5) is 27.4. The number of aromatic hydroxyl groups is 1. The normalized spacial score (nSPS) is 17.9. The quantitative estimate of drug-likeness (QED) is 0.267. The number of carbonyl (C=O) groups excluding carboxylic acids is 2. The molecule has 0 bridgehead atoms. The molecule has 220 valence electrons. The predicted molar refractivity (Wildman–Crippen MR) is 160 cm³/mol. The zero-order chi connectivity index (χ0) is 29.6. The molecular formula is C35H50O5. The van der Waals surface area contributed by atoms with Gasteiger partial charge in [-0.3, -0.25) is 9.59 Å². The summed E-state index contributed by atoms with van der Waals surface area (Å²) in [5.41, 5.74) is -0.639. The summed E-state index contributed by atoms with van der Waals surface area (Å²) < 4.78 is 12.4. The lowest BCUT2D eigenvalue weighted by molar-refractivity contribution is -0.178. The molecule has 3 rings (SSSR count). The van der Waals surface area contributed by atoms with E-state index in [1.807, 2.05) is 70.2 Å². The maximum atomic E-state index is 13.8. The summed E-state index contributed by atoms with van der Waals surface area (Å²) in [5, 5.41) is 9.92. The lowest BCUT2D eigenvalue weighted by Gasteiger charge is -2.44. The lowest BCUT2D eigenvalue weighted by atomic mass is 9.62. The Kier molecular flexibility index (Phi) is 10.1. The first kappa shape index (κ1) is 31.7. The van der Waals surface area contributed by atoms with Crippen molar-refractivity contribution in [2.24, 2.45) is 10.8 Å². The number of hydrogen-bond acceptors (Lipinski definition) is 5. The van der Waals surface area contributed by atoms with Crippen LogP contribution in [-0.2, 0) is 24.7 Å². The highest BCUT2D eigenvalue weighted by Gasteiger charge is 2.47. The molecule has 5 nitrogen and oxygen atoms in total. The Morgan fingerprint density at radius 3 is 2.05 bits per heavy atom. The Morgan fingerprint density at radius 2 is 1.50 bits per heavy atom. The molecule has 2 aromatic carbocycles. The van der Waals surface area contributed by atoms with Gasteiger partial charge in [0.15, 0.2) is 0 Å². The van der Waals surface area contributed by atoms with Gasteiger partial charge in [-0.15, -0.1) is 0 Å². The average molecular weight is 551 g/mol. The van der Waals surface area contributed by atoms with Gasteiger partial charge in [-0.25, -0.2) is 0 Å². The van der Waals surface area contributed by atoms with Crippen molar-refractivity contribution in [3.8, 4) is 5.75 Å². The van der Waals surface area contributed by atoms with E-state index in [4.69, 9.17) is 9.47 Å². The topological polar surface area (TPSA) is 72.8 Å². The van der Waals surface area contributed by atoms with Crippen molar-refractivity contribution in [2.75, 3.05) is 0 Å². The van der Waals surface area contributed by atoms with Crippen LogP contribution in [0.3, 0.4) is 0 Å². The Bertz CT molecular complexity index is 1110. The van der Waals surface area contributed by atoms with Gasteiger partial charge in [0, 0.05) is 0 Å². The Hall–Kier alpha value is -2.82. The highest BCUT2D eigenvalue weighted by molar-refractivity contribution is 5.77. The van der Waals surface area contributed by atoms with Gasteiger partial charge in [0.05, 0.1) is 11.8 Å². The minimum Gasteiger partial charge on any atom is -0.508 e. The number of hydrogen-bond donors (Lipinski definition) is 1. The first-order valence-electron chi connectivity index (χ1n) is 15.1. The van der Waals surface area contributed by atoms with E-state index in [0.29, 0.717) is 6.42 Å². The van der Waals surface area contributed by atoms with E-state index < -0.39 is 16.4 Å². The Labute approximate surface area is 241 Å². The van der Waals surface area contributed by atoms with Gasteiger partial charge in [0.25, 0.3) is 0 Å². The van der Waals surface area contributed by atoms with Gasteiger partial charge in [0.2, 0.25) is 0 Å². The molecule has 0 spiro atoms. The van der Waals surface area contributed by atoms with E-state index in [1.165, 1.54) is 6.42 Å². The molecule has 0 heterocycles. The molecule has 0 aromatic heterocycles. The van der Waals surface area contributed by atoms with Crippen LogP contribution in [0, 0.1) is 10.8 Å². The van der Waals surface area contributed by atoms with Crippen LogP contribution in [0.2, 0.25) is 0 Å². The van der Waals surface area contributed by atoms with Crippen molar-refractivity contribution >= 4 is 11.9 Å². The first-order chi connectivity index (χ1) is 18.8. The Morgan fingerprint density at radius 1 is 0.900 bits per heavy atom. The molecule has 1 N–H and O–H groups in total. The third-order valence-electron chi connectivity index (χ3n) is 9.05. The fourth-order valence-electron chi connectivity index (χ4n) is 6.84. The van der Waals surface area contributed by atoms with E-state index in [0.717, 1.165) is 49.7 Å². The van der Waals surface area contributed by atoms with Crippen LogP contribution < -0.4 is 0 Å². The molecule has 0 aliphatic heterocycles. The molecule has 5 heteroatoms. The minimum absolute atomic E-state index is 0.0395. The minimum atomic E-state index is -0.812. The van der Waals surface area contributed by atoms with Gasteiger partial charge in [-0.05, 0) is 107 Å². The summed E-state index contributed by atoms with van der Waals surface area (Å²) in [6.07, 6.45) is 7.37. The second-order valence-corrected chi connectivity index (χ2v) is 13.3. The van der Waals surface area contributed by atoms with Crippen LogP contribution in [0.5, 0.6) is 5.75 Å². The van der Waals surface area contributed by atoms with Crippen LogP contribution in [-0.4, -0.2) is 22.6 Å². The second-order valence-electron chi connectivity index (χ2n) is 13.3. The largest absolute Gasteiger partial charge is 0.508 e. The van der Waals surface area contributed by atoms with E-state index in [2.05, 4.69) is 20.8 Å². The van der Waals surface area contributed by atoms with Crippen molar-refractivity contribution in [1.82, 2.24) is 0 Å². The van der Waals surface area contributed by atoms with Crippen LogP contribution in [0.4, 0.5) is 0 Å². The van der Waals surface area contributed by atoms with Crippen LogP contribution in [0.1, 0.15) is 123 Å². The number of benzene rings is 2. The average Bonchev–Trinajstić information content (AvgIpc) is 2.90.